The Hall–Kier alpha value is -1.13. The van der Waals surface area contributed by atoms with Gasteiger partial charge in [0.2, 0.25) is 5.91 Å². The first-order chi connectivity index (χ1) is 10.6. The molecule has 5 heteroatoms. The van der Waals surface area contributed by atoms with Crippen LogP contribution in [0, 0.1) is 5.82 Å². The average molecular weight is 326 g/mol. The van der Waals surface area contributed by atoms with Crippen LogP contribution in [0.2, 0.25) is 5.02 Å². The molecule has 2 bridgehead atoms. The van der Waals surface area contributed by atoms with Crippen LogP contribution in [0.15, 0.2) is 18.2 Å². The summed E-state index contributed by atoms with van der Waals surface area (Å²) in [5.41, 5.74) is 0.902. The highest BCUT2D eigenvalue weighted by Gasteiger charge is 2.42. The maximum absolute atomic E-state index is 13.2. The van der Waals surface area contributed by atoms with Crippen molar-refractivity contribution in [3.8, 4) is 0 Å². The number of carbonyl (C=O) groups excluding carboxylic acids is 1. The van der Waals surface area contributed by atoms with E-state index in [1.165, 1.54) is 6.07 Å². The molecule has 2 heterocycles. The van der Waals surface area contributed by atoms with E-state index in [1.54, 1.807) is 19.2 Å². The van der Waals surface area contributed by atoms with Crippen molar-refractivity contribution in [2.24, 2.45) is 0 Å². The lowest BCUT2D eigenvalue weighted by atomic mass is 9.98. The van der Waals surface area contributed by atoms with Crippen LogP contribution in [-0.2, 0) is 16.0 Å². The van der Waals surface area contributed by atoms with Gasteiger partial charge in [0, 0.05) is 25.6 Å². The Morgan fingerprint density at radius 1 is 1.36 bits per heavy atom. The molecule has 0 aliphatic carbocycles. The van der Waals surface area contributed by atoms with Gasteiger partial charge >= 0.3 is 0 Å². The number of ether oxygens (including phenoxy) is 1. The van der Waals surface area contributed by atoms with Crippen LogP contribution in [-0.4, -0.2) is 36.1 Å². The Labute approximate surface area is 135 Å². The Morgan fingerprint density at radius 3 is 2.64 bits per heavy atom. The number of aryl methyl sites for hydroxylation is 1. The number of piperidine rings is 1. The van der Waals surface area contributed by atoms with Crippen molar-refractivity contribution in [2.75, 3.05) is 7.11 Å². The molecular weight excluding hydrogens is 305 g/mol. The molecule has 2 aliphatic heterocycles. The number of halogens is 2. The van der Waals surface area contributed by atoms with Gasteiger partial charge in [-0.25, -0.2) is 4.39 Å². The number of carbonyl (C=O) groups is 1. The number of benzene rings is 1. The summed E-state index contributed by atoms with van der Waals surface area (Å²) in [4.78, 5) is 14.6. The summed E-state index contributed by atoms with van der Waals surface area (Å²) in [5.74, 6) is -0.223. The molecule has 0 radical (unpaired) electrons. The van der Waals surface area contributed by atoms with Crippen molar-refractivity contribution in [1.29, 1.82) is 0 Å². The zero-order valence-electron chi connectivity index (χ0n) is 12.7. The number of rotatable bonds is 4. The van der Waals surface area contributed by atoms with E-state index in [2.05, 4.69) is 4.90 Å². The Morgan fingerprint density at radius 2 is 2.05 bits per heavy atom. The first kappa shape index (κ1) is 15.8. The van der Waals surface area contributed by atoms with Gasteiger partial charge in [0.15, 0.2) is 0 Å². The molecule has 2 saturated heterocycles. The molecule has 1 amide bonds. The van der Waals surface area contributed by atoms with Gasteiger partial charge in [0.1, 0.15) is 5.82 Å². The van der Waals surface area contributed by atoms with Gasteiger partial charge in [0.25, 0.3) is 0 Å². The molecule has 22 heavy (non-hydrogen) atoms. The SMILES string of the molecule is COC1CC2CCC(C1)N2C(=O)CCc1ccc(F)c(Cl)c1. The summed E-state index contributed by atoms with van der Waals surface area (Å²) < 4.78 is 18.6. The molecule has 0 spiro atoms. The molecule has 3 rings (SSSR count). The van der Waals surface area contributed by atoms with Crippen LogP contribution < -0.4 is 0 Å². The normalized spacial score (nSPS) is 27.2. The smallest absolute Gasteiger partial charge is 0.223 e. The van der Waals surface area contributed by atoms with Crippen molar-refractivity contribution in [3.05, 3.63) is 34.6 Å². The minimum Gasteiger partial charge on any atom is -0.381 e. The maximum Gasteiger partial charge on any atom is 0.223 e. The molecule has 2 unspecified atom stereocenters. The number of hydrogen-bond donors (Lipinski definition) is 0. The average Bonchev–Trinajstić information content (AvgIpc) is 2.78. The molecule has 1 aromatic rings. The summed E-state index contributed by atoms with van der Waals surface area (Å²) in [6, 6.07) is 5.31. The van der Waals surface area contributed by atoms with Crippen LogP contribution in [0.3, 0.4) is 0 Å². The van der Waals surface area contributed by atoms with E-state index in [9.17, 15) is 9.18 Å². The molecule has 2 aliphatic rings. The minimum atomic E-state index is -0.420. The molecule has 0 saturated carbocycles. The number of nitrogens with zero attached hydrogens (tertiary/aromatic N) is 1. The summed E-state index contributed by atoms with van der Waals surface area (Å²) >= 11 is 5.78. The van der Waals surface area contributed by atoms with Crippen LogP contribution in [0.1, 0.15) is 37.7 Å². The van der Waals surface area contributed by atoms with E-state index in [1.807, 2.05) is 0 Å². The zero-order chi connectivity index (χ0) is 15.7. The Balaban J connectivity index is 1.59. The summed E-state index contributed by atoms with van der Waals surface area (Å²) in [6.07, 6.45) is 5.40. The fraction of sp³-hybridized carbons (Fsp3) is 0.588. The predicted molar refractivity (Wildman–Crippen MR) is 83.4 cm³/mol. The highest BCUT2D eigenvalue weighted by atomic mass is 35.5. The third-order valence-corrected chi connectivity index (χ3v) is 5.21. The van der Waals surface area contributed by atoms with Crippen molar-refractivity contribution >= 4 is 17.5 Å². The van der Waals surface area contributed by atoms with Gasteiger partial charge in [-0.3, -0.25) is 4.79 Å². The predicted octanol–water partition coefficient (Wildman–Crippen LogP) is 3.58. The van der Waals surface area contributed by atoms with Crippen molar-refractivity contribution in [3.63, 3.8) is 0 Å². The van der Waals surface area contributed by atoms with Gasteiger partial charge in [-0.15, -0.1) is 0 Å². The standard InChI is InChI=1S/C17H21ClFNO2/c1-22-14-9-12-4-5-13(10-14)20(12)17(21)7-3-11-2-6-16(19)15(18)8-11/h2,6,8,12-14H,3-5,7,9-10H2,1H3. The topological polar surface area (TPSA) is 29.5 Å². The lowest BCUT2D eigenvalue weighted by molar-refractivity contribution is -0.137. The van der Waals surface area contributed by atoms with E-state index >= 15 is 0 Å². The second-order valence-electron chi connectivity index (χ2n) is 6.26. The van der Waals surface area contributed by atoms with E-state index in [0.717, 1.165) is 31.2 Å². The molecule has 2 fully saturated rings. The third kappa shape index (κ3) is 3.13. The molecule has 3 nitrogen and oxygen atoms in total. The second kappa shape index (κ2) is 6.55. The molecular formula is C17H21ClFNO2. The zero-order valence-corrected chi connectivity index (χ0v) is 13.5. The first-order valence-electron chi connectivity index (χ1n) is 7.86. The number of methoxy groups -OCH3 is 1. The third-order valence-electron chi connectivity index (χ3n) is 4.92. The van der Waals surface area contributed by atoms with Crippen molar-refractivity contribution in [2.45, 2.75) is 56.7 Å². The minimum absolute atomic E-state index is 0.117. The van der Waals surface area contributed by atoms with Gasteiger partial charge in [-0.05, 0) is 49.8 Å². The van der Waals surface area contributed by atoms with Gasteiger partial charge in [-0.2, -0.15) is 0 Å². The number of hydrogen-bond acceptors (Lipinski definition) is 2. The molecule has 0 aromatic heterocycles. The van der Waals surface area contributed by atoms with E-state index in [-0.39, 0.29) is 17.0 Å². The monoisotopic (exact) mass is 325 g/mol. The highest BCUT2D eigenvalue weighted by molar-refractivity contribution is 6.30. The van der Waals surface area contributed by atoms with E-state index in [0.29, 0.717) is 24.9 Å². The van der Waals surface area contributed by atoms with Crippen LogP contribution in [0.5, 0.6) is 0 Å². The molecule has 0 N–H and O–H groups in total. The van der Waals surface area contributed by atoms with E-state index in [4.69, 9.17) is 16.3 Å². The van der Waals surface area contributed by atoms with Crippen molar-refractivity contribution in [1.82, 2.24) is 4.90 Å². The summed E-state index contributed by atoms with van der Waals surface area (Å²) in [7, 11) is 1.75. The molecule has 2 atom stereocenters. The summed E-state index contributed by atoms with van der Waals surface area (Å²) in [6.45, 7) is 0. The molecule has 120 valence electrons. The Bertz CT molecular complexity index is 552. The van der Waals surface area contributed by atoms with Gasteiger partial charge in [0.05, 0.1) is 11.1 Å². The first-order valence-corrected chi connectivity index (χ1v) is 8.24. The fourth-order valence-electron chi connectivity index (χ4n) is 3.80. The second-order valence-corrected chi connectivity index (χ2v) is 6.67. The fourth-order valence-corrected chi connectivity index (χ4v) is 4.01. The largest absolute Gasteiger partial charge is 0.381 e. The lowest BCUT2D eigenvalue weighted by Gasteiger charge is -2.38. The quantitative estimate of drug-likeness (QED) is 0.847. The van der Waals surface area contributed by atoms with Gasteiger partial charge in [-0.1, -0.05) is 17.7 Å². The van der Waals surface area contributed by atoms with Crippen LogP contribution in [0.4, 0.5) is 4.39 Å². The lowest BCUT2D eigenvalue weighted by Crippen LogP contribution is -2.48. The van der Waals surface area contributed by atoms with Crippen molar-refractivity contribution < 1.29 is 13.9 Å². The number of fused-ring (bicyclic) bond motifs is 2. The summed E-state index contributed by atoms with van der Waals surface area (Å²) in [5, 5.41) is 0.117. The van der Waals surface area contributed by atoms with Gasteiger partial charge < -0.3 is 9.64 Å². The van der Waals surface area contributed by atoms with Crippen LogP contribution in [0.25, 0.3) is 0 Å². The maximum atomic E-state index is 13.2. The Kier molecular flexibility index (Phi) is 4.69. The van der Waals surface area contributed by atoms with E-state index < -0.39 is 5.82 Å². The molecule has 1 aromatic carbocycles. The van der Waals surface area contributed by atoms with Crippen LogP contribution >= 0.6 is 11.6 Å². The highest BCUT2D eigenvalue weighted by Crippen LogP contribution is 2.37. The number of amides is 1.